The molecule has 0 bridgehead atoms. The number of benzene rings is 1. The Bertz CT molecular complexity index is 439. The van der Waals surface area contributed by atoms with Crippen LogP contribution in [-0.2, 0) is 4.79 Å². The molecule has 2 N–H and O–H groups in total. The number of ether oxygens (including phenoxy) is 1. The van der Waals surface area contributed by atoms with Crippen molar-refractivity contribution in [2.75, 3.05) is 19.7 Å². The zero-order chi connectivity index (χ0) is 13.7. The largest absolute Gasteiger partial charge is 0.482 e. The van der Waals surface area contributed by atoms with E-state index in [-0.39, 0.29) is 18.6 Å². The lowest BCUT2D eigenvalue weighted by molar-refractivity contribution is -0.136. The van der Waals surface area contributed by atoms with Gasteiger partial charge in [-0.05, 0) is 31.4 Å². The number of amides is 1. The van der Waals surface area contributed by atoms with Crippen LogP contribution in [0, 0.1) is 0 Å². The van der Waals surface area contributed by atoms with E-state index in [1.54, 1.807) is 12.1 Å². The molecule has 0 radical (unpaired) electrons. The van der Waals surface area contributed by atoms with Crippen LogP contribution in [0.2, 0.25) is 5.02 Å². The first-order chi connectivity index (χ1) is 9.22. The number of nitrogens with two attached hydrogens (primary N) is 1. The molecule has 1 aliphatic heterocycles. The average molecular weight is 283 g/mol. The summed E-state index contributed by atoms with van der Waals surface area (Å²) in [5.74, 6) is 0.522. The molecule has 0 saturated carbocycles. The highest BCUT2D eigenvalue weighted by molar-refractivity contribution is 6.32. The van der Waals surface area contributed by atoms with E-state index in [1.807, 2.05) is 17.0 Å². The summed E-state index contributed by atoms with van der Waals surface area (Å²) in [6, 6.07) is 7.30. The molecule has 1 amide bonds. The summed E-state index contributed by atoms with van der Waals surface area (Å²) in [4.78, 5) is 14.0. The molecule has 2 rings (SSSR count). The van der Waals surface area contributed by atoms with Crippen LogP contribution in [0.1, 0.15) is 19.3 Å². The first kappa shape index (κ1) is 14.2. The third kappa shape index (κ3) is 3.61. The molecule has 1 aromatic rings. The van der Waals surface area contributed by atoms with E-state index in [1.165, 1.54) is 0 Å². The van der Waals surface area contributed by atoms with E-state index in [0.29, 0.717) is 17.3 Å². The Morgan fingerprint density at radius 1 is 1.42 bits per heavy atom. The van der Waals surface area contributed by atoms with Gasteiger partial charge in [-0.3, -0.25) is 4.79 Å². The lowest BCUT2D eigenvalue weighted by atomic mass is 10.0. The van der Waals surface area contributed by atoms with Crippen LogP contribution < -0.4 is 10.5 Å². The second-order valence-electron chi connectivity index (χ2n) is 4.69. The molecule has 1 heterocycles. The predicted octanol–water partition coefficient (Wildman–Crippen LogP) is 2.06. The summed E-state index contributed by atoms with van der Waals surface area (Å²) >= 11 is 5.98. The topological polar surface area (TPSA) is 55.6 Å². The Balaban J connectivity index is 1.92. The second kappa shape index (κ2) is 6.78. The Morgan fingerprint density at radius 3 is 2.95 bits per heavy atom. The maximum atomic E-state index is 12.2. The van der Waals surface area contributed by atoms with Crippen LogP contribution in [0.3, 0.4) is 0 Å². The third-order valence-corrected chi connectivity index (χ3v) is 3.72. The van der Waals surface area contributed by atoms with E-state index in [4.69, 9.17) is 22.1 Å². The number of halogens is 1. The van der Waals surface area contributed by atoms with Crippen molar-refractivity contribution < 1.29 is 9.53 Å². The molecule has 0 aliphatic carbocycles. The quantitative estimate of drug-likeness (QED) is 0.920. The molecule has 104 valence electrons. The standard InChI is InChI=1S/C14H19ClN2O2/c15-12-6-1-2-7-13(12)19-10-14(18)17-8-4-3-5-11(17)9-16/h1-2,6-7,11H,3-5,8-10,16H2. The maximum absolute atomic E-state index is 12.2. The van der Waals surface area contributed by atoms with Gasteiger partial charge in [0, 0.05) is 19.1 Å². The molecule has 1 saturated heterocycles. The van der Waals surface area contributed by atoms with Gasteiger partial charge in [0.25, 0.3) is 5.91 Å². The highest BCUT2D eigenvalue weighted by Gasteiger charge is 2.25. The normalized spacial score (nSPS) is 19.3. The molecule has 1 fully saturated rings. The molecule has 0 aromatic heterocycles. The number of likely N-dealkylation sites (tertiary alicyclic amines) is 1. The number of piperidine rings is 1. The van der Waals surface area contributed by atoms with Crippen molar-refractivity contribution in [3.8, 4) is 5.75 Å². The molecule has 19 heavy (non-hydrogen) atoms. The molecular formula is C14H19ClN2O2. The molecule has 4 nitrogen and oxygen atoms in total. The van der Waals surface area contributed by atoms with Crippen molar-refractivity contribution in [3.63, 3.8) is 0 Å². The second-order valence-corrected chi connectivity index (χ2v) is 5.10. The number of para-hydroxylation sites is 1. The Kier molecular flexibility index (Phi) is 5.05. The van der Waals surface area contributed by atoms with E-state index < -0.39 is 0 Å². The summed E-state index contributed by atoms with van der Waals surface area (Å²) in [5, 5.41) is 0.518. The van der Waals surface area contributed by atoms with Gasteiger partial charge in [0.2, 0.25) is 0 Å². The van der Waals surface area contributed by atoms with Gasteiger partial charge in [0.05, 0.1) is 5.02 Å². The lowest BCUT2D eigenvalue weighted by Gasteiger charge is -2.34. The van der Waals surface area contributed by atoms with Gasteiger partial charge in [0.1, 0.15) is 5.75 Å². The summed E-state index contributed by atoms with van der Waals surface area (Å²) < 4.78 is 5.48. The molecule has 1 atom stereocenters. The predicted molar refractivity (Wildman–Crippen MR) is 75.4 cm³/mol. The van der Waals surface area contributed by atoms with Gasteiger partial charge in [-0.15, -0.1) is 0 Å². The van der Waals surface area contributed by atoms with Gasteiger partial charge >= 0.3 is 0 Å². The zero-order valence-corrected chi connectivity index (χ0v) is 11.6. The van der Waals surface area contributed by atoms with Crippen LogP contribution >= 0.6 is 11.6 Å². The molecular weight excluding hydrogens is 264 g/mol. The summed E-state index contributed by atoms with van der Waals surface area (Å²) in [7, 11) is 0. The fourth-order valence-electron chi connectivity index (χ4n) is 2.36. The monoisotopic (exact) mass is 282 g/mol. The van der Waals surface area contributed by atoms with Crippen LogP contribution in [0.5, 0.6) is 5.75 Å². The van der Waals surface area contributed by atoms with Crippen LogP contribution in [0.4, 0.5) is 0 Å². The fraction of sp³-hybridized carbons (Fsp3) is 0.500. The number of rotatable bonds is 4. The Hall–Kier alpha value is -1.26. The van der Waals surface area contributed by atoms with Crippen molar-refractivity contribution >= 4 is 17.5 Å². The number of carbonyl (C=O) groups excluding carboxylic acids is 1. The third-order valence-electron chi connectivity index (χ3n) is 3.41. The van der Waals surface area contributed by atoms with Crippen molar-refractivity contribution in [2.45, 2.75) is 25.3 Å². The number of hydrogen-bond donors (Lipinski definition) is 1. The summed E-state index contributed by atoms with van der Waals surface area (Å²) in [5.41, 5.74) is 5.71. The average Bonchev–Trinajstić information content (AvgIpc) is 2.46. The van der Waals surface area contributed by atoms with E-state index in [9.17, 15) is 4.79 Å². The van der Waals surface area contributed by atoms with Gasteiger partial charge in [0.15, 0.2) is 6.61 Å². The first-order valence-electron chi connectivity index (χ1n) is 6.59. The van der Waals surface area contributed by atoms with E-state index >= 15 is 0 Å². The number of carbonyl (C=O) groups is 1. The van der Waals surface area contributed by atoms with E-state index in [0.717, 1.165) is 25.8 Å². The van der Waals surface area contributed by atoms with E-state index in [2.05, 4.69) is 0 Å². The summed E-state index contributed by atoms with van der Waals surface area (Å²) in [6.45, 7) is 1.30. The Labute approximate surface area is 118 Å². The molecule has 5 heteroatoms. The van der Waals surface area contributed by atoms with Crippen molar-refractivity contribution in [3.05, 3.63) is 29.3 Å². The highest BCUT2D eigenvalue weighted by atomic mass is 35.5. The number of hydrogen-bond acceptors (Lipinski definition) is 3. The zero-order valence-electron chi connectivity index (χ0n) is 10.8. The fourth-order valence-corrected chi connectivity index (χ4v) is 2.55. The summed E-state index contributed by atoms with van der Waals surface area (Å²) in [6.07, 6.45) is 3.15. The smallest absolute Gasteiger partial charge is 0.260 e. The molecule has 1 aliphatic rings. The van der Waals surface area contributed by atoms with Gasteiger partial charge in [-0.1, -0.05) is 23.7 Å². The van der Waals surface area contributed by atoms with Crippen LogP contribution in [0.25, 0.3) is 0 Å². The van der Waals surface area contributed by atoms with Crippen LogP contribution in [-0.4, -0.2) is 36.5 Å². The molecule has 0 spiro atoms. The minimum Gasteiger partial charge on any atom is -0.482 e. The molecule has 1 unspecified atom stereocenters. The maximum Gasteiger partial charge on any atom is 0.260 e. The van der Waals surface area contributed by atoms with Crippen molar-refractivity contribution in [1.82, 2.24) is 4.90 Å². The van der Waals surface area contributed by atoms with Crippen molar-refractivity contribution in [1.29, 1.82) is 0 Å². The molecule has 1 aromatic carbocycles. The first-order valence-corrected chi connectivity index (χ1v) is 6.97. The van der Waals surface area contributed by atoms with Gasteiger partial charge < -0.3 is 15.4 Å². The van der Waals surface area contributed by atoms with Gasteiger partial charge in [-0.2, -0.15) is 0 Å². The minimum absolute atomic E-state index is 0.0141. The Morgan fingerprint density at radius 2 is 2.21 bits per heavy atom. The SMILES string of the molecule is NCC1CCCCN1C(=O)COc1ccccc1Cl. The highest BCUT2D eigenvalue weighted by Crippen LogP contribution is 2.23. The van der Waals surface area contributed by atoms with Gasteiger partial charge in [-0.25, -0.2) is 0 Å². The number of nitrogens with zero attached hydrogens (tertiary/aromatic N) is 1. The lowest BCUT2D eigenvalue weighted by Crippen LogP contribution is -2.49. The minimum atomic E-state index is -0.0185. The van der Waals surface area contributed by atoms with Crippen molar-refractivity contribution in [2.24, 2.45) is 5.73 Å². The van der Waals surface area contributed by atoms with Crippen LogP contribution in [0.15, 0.2) is 24.3 Å².